The monoisotopic (exact) mass is 244 g/mol. The Morgan fingerprint density at radius 3 is 2.29 bits per heavy atom. The number of hydrogen-bond acceptors (Lipinski definition) is 3. The van der Waals surface area contributed by atoms with E-state index in [0.717, 1.165) is 26.2 Å². The first kappa shape index (κ1) is 16.9. The summed E-state index contributed by atoms with van der Waals surface area (Å²) in [6.45, 7) is 6.61. The Labute approximate surface area is 99.1 Å². The highest BCUT2D eigenvalue weighted by atomic mass is 35.5. The molecule has 0 amide bonds. The highest BCUT2D eigenvalue weighted by Gasteiger charge is 2.18. The van der Waals surface area contributed by atoms with Gasteiger partial charge in [-0.15, -0.1) is 24.8 Å². The van der Waals surface area contributed by atoms with Crippen LogP contribution in [0.2, 0.25) is 0 Å². The Morgan fingerprint density at radius 2 is 1.86 bits per heavy atom. The van der Waals surface area contributed by atoms with Crippen molar-refractivity contribution >= 4 is 24.8 Å². The molecule has 3 nitrogen and oxygen atoms in total. The summed E-state index contributed by atoms with van der Waals surface area (Å²) in [5.74, 6) is 0. The van der Waals surface area contributed by atoms with Gasteiger partial charge < -0.3 is 10.4 Å². The van der Waals surface area contributed by atoms with Crippen molar-refractivity contribution in [3.05, 3.63) is 0 Å². The van der Waals surface area contributed by atoms with Crippen molar-refractivity contribution in [2.45, 2.75) is 25.8 Å². The van der Waals surface area contributed by atoms with Crippen molar-refractivity contribution in [3.63, 3.8) is 0 Å². The van der Waals surface area contributed by atoms with Gasteiger partial charge in [0.05, 0.1) is 6.61 Å². The van der Waals surface area contributed by atoms with Crippen molar-refractivity contribution in [1.82, 2.24) is 10.2 Å². The van der Waals surface area contributed by atoms with Crippen LogP contribution in [-0.2, 0) is 0 Å². The van der Waals surface area contributed by atoms with Gasteiger partial charge >= 0.3 is 0 Å². The summed E-state index contributed by atoms with van der Waals surface area (Å²) in [5, 5.41) is 12.2. The molecule has 1 rings (SSSR count). The zero-order valence-electron chi connectivity index (χ0n) is 8.74. The lowest BCUT2D eigenvalue weighted by Crippen LogP contribution is -2.44. The van der Waals surface area contributed by atoms with Gasteiger partial charge in [0.1, 0.15) is 0 Å². The van der Waals surface area contributed by atoms with E-state index in [4.69, 9.17) is 5.11 Å². The zero-order chi connectivity index (χ0) is 8.81. The van der Waals surface area contributed by atoms with Gasteiger partial charge in [-0.2, -0.15) is 0 Å². The molecule has 0 aromatic heterocycles. The largest absolute Gasteiger partial charge is 0.395 e. The van der Waals surface area contributed by atoms with Crippen LogP contribution in [0.4, 0.5) is 0 Å². The van der Waals surface area contributed by atoms with Crippen molar-refractivity contribution in [3.8, 4) is 0 Å². The molecule has 0 saturated carbocycles. The maximum absolute atomic E-state index is 8.84. The summed E-state index contributed by atoms with van der Waals surface area (Å²) in [4.78, 5) is 2.38. The molecule has 0 aromatic carbocycles. The van der Waals surface area contributed by atoms with E-state index in [1.54, 1.807) is 0 Å². The lowest BCUT2D eigenvalue weighted by atomic mass is 10.1. The topological polar surface area (TPSA) is 35.5 Å². The van der Waals surface area contributed by atoms with E-state index in [1.807, 2.05) is 0 Å². The van der Waals surface area contributed by atoms with E-state index in [9.17, 15) is 0 Å². The fourth-order valence-electron chi connectivity index (χ4n) is 1.90. The number of aliphatic hydroxyl groups excluding tert-OH is 1. The molecule has 1 aliphatic rings. The third-order valence-corrected chi connectivity index (χ3v) is 2.62. The molecule has 1 heterocycles. The van der Waals surface area contributed by atoms with Crippen LogP contribution in [0, 0.1) is 0 Å². The molecule has 0 atom stereocenters. The molecule has 0 aromatic rings. The maximum Gasteiger partial charge on any atom is 0.0558 e. The minimum atomic E-state index is 0. The average Bonchev–Trinajstić information content (AvgIpc) is 2.15. The van der Waals surface area contributed by atoms with Crippen molar-refractivity contribution < 1.29 is 5.11 Å². The van der Waals surface area contributed by atoms with Gasteiger partial charge in [-0.25, -0.2) is 0 Å². The minimum Gasteiger partial charge on any atom is -0.395 e. The lowest BCUT2D eigenvalue weighted by Gasteiger charge is -2.33. The van der Waals surface area contributed by atoms with Gasteiger partial charge in [0, 0.05) is 12.6 Å². The Hall–Kier alpha value is 0.460. The first-order valence-corrected chi connectivity index (χ1v) is 4.94. The Balaban J connectivity index is 0. The predicted octanol–water partition coefficient (Wildman–Crippen LogP) is 0.896. The van der Waals surface area contributed by atoms with Crippen LogP contribution in [0.3, 0.4) is 0 Å². The van der Waals surface area contributed by atoms with Crippen LogP contribution in [-0.4, -0.2) is 48.8 Å². The van der Waals surface area contributed by atoms with Gasteiger partial charge in [0.15, 0.2) is 0 Å². The zero-order valence-corrected chi connectivity index (χ0v) is 10.4. The molecule has 1 fully saturated rings. The van der Waals surface area contributed by atoms with Crippen LogP contribution < -0.4 is 5.32 Å². The molecule has 2 N–H and O–H groups in total. The number of hydrogen-bond donors (Lipinski definition) is 2. The van der Waals surface area contributed by atoms with Gasteiger partial charge in [-0.3, -0.25) is 4.90 Å². The Morgan fingerprint density at radius 1 is 1.29 bits per heavy atom. The average molecular weight is 245 g/mol. The van der Waals surface area contributed by atoms with E-state index < -0.39 is 0 Å². The number of nitrogens with one attached hydrogen (secondary N) is 1. The van der Waals surface area contributed by atoms with Crippen molar-refractivity contribution in [1.29, 1.82) is 0 Å². The van der Waals surface area contributed by atoms with E-state index >= 15 is 0 Å². The summed E-state index contributed by atoms with van der Waals surface area (Å²) in [7, 11) is 0. The number of halogens is 2. The van der Waals surface area contributed by atoms with Gasteiger partial charge in [0.25, 0.3) is 0 Å². The second-order valence-electron chi connectivity index (χ2n) is 3.33. The minimum absolute atomic E-state index is 0. The van der Waals surface area contributed by atoms with E-state index in [1.165, 1.54) is 12.8 Å². The Kier molecular flexibility index (Phi) is 12.0. The quantitative estimate of drug-likeness (QED) is 0.772. The van der Waals surface area contributed by atoms with E-state index in [0.29, 0.717) is 6.04 Å². The van der Waals surface area contributed by atoms with Gasteiger partial charge in [-0.1, -0.05) is 6.92 Å². The van der Waals surface area contributed by atoms with E-state index in [2.05, 4.69) is 17.1 Å². The first-order chi connectivity index (χ1) is 5.88. The van der Waals surface area contributed by atoms with Crippen LogP contribution >= 0.6 is 24.8 Å². The van der Waals surface area contributed by atoms with Crippen LogP contribution in [0.25, 0.3) is 0 Å². The van der Waals surface area contributed by atoms with Crippen LogP contribution in [0.1, 0.15) is 19.8 Å². The maximum atomic E-state index is 8.84. The van der Waals surface area contributed by atoms with Crippen LogP contribution in [0.15, 0.2) is 0 Å². The number of piperidine rings is 1. The molecule has 0 spiro atoms. The van der Waals surface area contributed by atoms with Crippen LogP contribution in [0.5, 0.6) is 0 Å². The molecule has 0 aliphatic carbocycles. The number of likely N-dealkylation sites (N-methyl/N-ethyl adjacent to an activating group) is 1. The molecule has 0 unspecified atom stereocenters. The number of aliphatic hydroxyl groups is 1. The van der Waals surface area contributed by atoms with E-state index in [-0.39, 0.29) is 31.4 Å². The summed E-state index contributed by atoms with van der Waals surface area (Å²) < 4.78 is 0. The third-order valence-electron chi connectivity index (χ3n) is 2.62. The smallest absolute Gasteiger partial charge is 0.0558 e. The van der Waals surface area contributed by atoms with Gasteiger partial charge in [-0.05, 0) is 32.5 Å². The molecular formula is C9H22Cl2N2O. The molecule has 88 valence electrons. The molecule has 14 heavy (non-hydrogen) atoms. The third kappa shape index (κ3) is 5.37. The molecular weight excluding hydrogens is 223 g/mol. The summed E-state index contributed by atoms with van der Waals surface area (Å²) in [5.41, 5.74) is 0. The molecule has 0 radical (unpaired) electrons. The number of nitrogens with zero attached hydrogens (tertiary/aromatic N) is 1. The molecule has 0 bridgehead atoms. The first-order valence-electron chi connectivity index (χ1n) is 4.94. The highest BCUT2D eigenvalue weighted by molar-refractivity contribution is 5.85. The highest BCUT2D eigenvalue weighted by Crippen LogP contribution is 2.10. The van der Waals surface area contributed by atoms with Crippen molar-refractivity contribution in [2.24, 2.45) is 0 Å². The second kappa shape index (κ2) is 9.99. The standard InChI is InChI=1S/C9H20N2O.2ClH/c1-2-11(7-8-12)9-3-5-10-6-4-9;;/h9-10,12H,2-8H2,1H3;2*1H. The Bertz CT molecular complexity index is 119. The summed E-state index contributed by atoms with van der Waals surface area (Å²) >= 11 is 0. The fraction of sp³-hybridized carbons (Fsp3) is 1.00. The molecule has 5 heteroatoms. The van der Waals surface area contributed by atoms with Gasteiger partial charge in [0.2, 0.25) is 0 Å². The normalized spacial score (nSPS) is 17.4. The number of rotatable bonds is 4. The molecule has 1 aliphatic heterocycles. The SMILES string of the molecule is CCN(CCO)C1CCNCC1.Cl.Cl. The summed E-state index contributed by atoms with van der Waals surface area (Å²) in [6.07, 6.45) is 2.46. The molecule has 1 saturated heterocycles. The summed E-state index contributed by atoms with van der Waals surface area (Å²) in [6, 6.07) is 0.698. The fourth-order valence-corrected chi connectivity index (χ4v) is 1.90. The second-order valence-corrected chi connectivity index (χ2v) is 3.33. The predicted molar refractivity (Wildman–Crippen MR) is 64.7 cm³/mol. The lowest BCUT2D eigenvalue weighted by molar-refractivity contribution is 0.134. The van der Waals surface area contributed by atoms with Crippen molar-refractivity contribution in [2.75, 3.05) is 32.8 Å².